The number of methoxy groups -OCH3 is 1. The molecule has 188 valence electrons. The fraction of sp³-hybridized carbons (Fsp3) is 0.407. The topological polar surface area (TPSA) is 101 Å². The number of hydrogen-bond acceptors (Lipinski definition) is 6. The van der Waals surface area contributed by atoms with Crippen LogP contribution in [-0.4, -0.2) is 65.5 Å². The second-order valence-corrected chi connectivity index (χ2v) is 9.96. The molecule has 4 amide bonds. The molecule has 1 N–H and O–H groups in total. The summed E-state index contributed by atoms with van der Waals surface area (Å²) in [6.07, 6.45) is 2.59. The Morgan fingerprint density at radius 3 is 2.58 bits per heavy atom. The van der Waals surface area contributed by atoms with Crippen molar-refractivity contribution in [2.24, 2.45) is 11.3 Å². The molecule has 0 aliphatic carbocycles. The number of fused-ring (bicyclic) bond motifs is 4. The Labute approximate surface area is 209 Å². The lowest BCUT2D eigenvalue weighted by atomic mass is 9.75. The second kappa shape index (κ2) is 9.39. The zero-order chi connectivity index (χ0) is 25.4. The molecule has 0 radical (unpaired) electrons. The van der Waals surface area contributed by atoms with Gasteiger partial charge in [-0.2, -0.15) is 0 Å². The third-order valence-corrected chi connectivity index (χ3v) is 7.58. The second-order valence-electron chi connectivity index (χ2n) is 9.96. The summed E-state index contributed by atoms with van der Waals surface area (Å²) >= 11 is 0. The third-order valence-electron chi connectivity index (χ3n) is 7.58. The van der Waals surface area contributed by atoms with E-state index in [2.05, 4.69) is 16.8 Å². The fourth-order valence-electron chi connectivity index (χ4n) is 5.98. The summed E-state index contributed by atoms with van der Waals surface area (Å²) in [4.78, 5) is 55.5. The molecule has 4 heterocycles. The average Bonchev–Trinajstić information content (AvgIpc) is 2.86. The number of nitrogens with one attached hydrogen (secondary N) is 1. The maximum absolute atomic E-state index is 13.8. The van der Waals surface area contributed by atoms with Gasteiger partial charge in [0.15, 0.2) is 0 Å². The summed E-state index contributed by atoms with van der Waals surface area (Å²) < 4.78 is 7.10. The predicted molar refractivity (Wildman–Crippen MR) is 133 cm³/mol. The summed E-state index contributed by atoms with van der Waals surface area (Å²) in [6, 6.07) is 11.9. The van der Waals surface area contributed by atoms with Crippen molar-refractivity contribution in [2.45, 2.75) is 25.3 Å². The number of benzene rings is 1. The van der Waals surface area contributed by atoms with Crippen LogP contribution in [0.1, 0.15) is 23.6 Å². The largest absolute Gasteiger partial charge is 0.497 e. The predicted octanol–water partition coefficient (Wildman–Crippen LogP) is 1.77. The number of barbiturate groups is 1. The number of ether oxygens (including phenoxy) is 1. The molecular weight excluding hydrogens is 460 g/mol. The molecule has 1 aromatic heterocycles. The number of imide groups is 2. The van der Waals surface area contributed by atoms with Crippen LogP contribution in [0, 0.1) is 11.3 Å². The minimum absolute atomic E-state index is 0.00652. The molecule has 0 spiro atoms. The number of amides is 4. The van der Waals surface area contributed by atoms with Crippen molar-refractivity contribution in [1.29, 1.82) is 0 Å². The summed E-state index contributed by atoms with van der Waals surface area (Å²) in [6.45, 7) is 5.77. The Balaban J connectivity index is 1.49. The molecule has 1 aromatic carbocycles. The number of nitrogens with zero attached hydrogens (tertiary/aromatic N) is 3. The van der Waals surface area contributed by atoms with Crippen LogP contribution in [0.5, 0.6) is 5.75 Å². The molecule has 2 saturated heterocycles. The van der Waals surface area contributed by atoms with E-state index >= 15 is 0 Å². The Hall–Kier alpha value is -3.72. The monoisotopic (exact) mass is 490 g/mol. The number of hydrogen-bond donors (Lipinski definition) is 1. The van der Waals surface area contributed by atoms with Gasteiger partial charge in [0.25, 0.3) is 5.56 Å². The van der Waals surface area contributed by atoms with Gasteiger partial charge in [-0.1, -0.05) is 24.3 Å². The highest BCUT2D eigenvalue weighted by Gasteiger charge is 2.55. The van der Waals surface area contributed by atoms with Crippen molar-refractivity contribution in [2.75, 3.05) is 33.3 Å². The van der Waals surface area contributed by atoms with Crippen LogP contribution < -0.4 is 15.6 Å². The molecule has 0 unspecified atom stereocenters. The van der Waals surface area contributed by atoms with Crippen molar-refractivity contribution in [3.8, 4) is 5.75 Å². The number of urea groups is 1. The number of pyridine rings is 1. The van der Waals surface area contributed by atoms with E-state index in [-0.39, 0.29) is 36.9 Å². The molecule has 3 aliphatic heterocycles. The van der Waals surface area contributed by atoms with Crippen LogP contribution in [0.4, 0.5) is 4.79 Å². The van der Waals surface area contributed by atoms with Gasteiger partial charge in [0.05, 0.1) is 7.11 Å². The van der Waals surface area contributed by atoms with E-state index in [4.69, 9.17) is 4.74 Å². The first kappa shape index (κ1) is 24.0. The minimum Gasteiger partial charge on any atom is -0.497 e. The molecule has 2 aromatic rings. The smallest absolute Gasteiger partial charge is 0.331 e. The van der Waals surface area contributed by atoms with Gasteiger partial charge >= 0.3 is 6.03 Å². The Morgan fingerprint density at radius 1 is 1.08 bits per heavy atom. The number of rotatable bonds is 7. The molecule has 3 aliphatic rings. The first-order chi connectivity index (χ1) is 17.3. The lowest BCUT2D eigenvalue weighted by Gasteiger charge is -2.47. The van der Waals surface area contributed by atoms with E-state index in [9.17, 15) is 19.2 Å². The van der Waals surface area contributed by atoms with E-state index < -0.39 is 23.3 Å². The number of aromatic nitrogens is 1. The van der Waals surface area contributed by atoms with Crippen LogP contribution in [0.25, 0.3) is 0 Å². The van der Waals surface area contributed by atoms with Crippen molar-refractivity contribution in [3.63, 3.8) is 0 Å². The van der Waals surface area contributed by atoms with Crippen LogP contribution in [-0.2, 0) is 22.6 Å². The maximum Gasteiger partial charge on any atom is 0.331 e. The van der Waals surface area contributed by atoms with Gasteiger partial charge in [-0.05, 0) is 42.5 Å². The average molecular weight is 491 g/mol. The van der Waals surface area contributed by atoms with Gasteiger partial charge in [0.2, 0.25) is 11.8 Å². The van der Waals surface area contributed by atoms with E-state index in [1.165, 1.54) is 6.08 Å². The van der Waals surface area contributed by atoms with Crippen LogP contribution in [0.2, 0.25) is 0 Å². The Bertz CT molecular complexity index is 1270. The van der Waals surface area contributed by atoms with Crippen molar-refractivity contribution in [1.82, 2.24) is 19.7 Å². The highest BCUT2D eigenvalue weighted by Crippen LogP contribution is 2.38. The number of piperidine rings is 1. The zero-order valence-corrected chi connectivity index (χ0v) is 20.3. The molecule has 2 fully saturated rings. The van der Waals surface area contributed by atoms with Gasteiger partial charge in [-0.15, -0.1) is 6.58 Å². The molecule has 5 rings (SSSR count). The van der Waals surface area contributed by atoms with Gasteiger partial charge in [-0.3, -0.25) is 24.6 Å². The van der Waals surface area contributed by atoms with E-state index in [0.717, 1.165) is 22.6 Å². The van der Waals surface area contributed by atoms with Crippen molar-refractivity contribution >= 4 is 17.8 Å². The van der Waals surface area contributed by atoms with Crippen molar-refractivity contribution < 1.29 is 19.1 Å². The highest BCUT2D eigenvalue weighted by molar-refractivity contribution is 6.19. The molecule has 3 atom stereocenters. The summed E-state index contributed by atoms with van der Waals surface area (Å²) in [5.41, 5.74) is 0.317. The SMILES string of the molecule is C=CCN1C(=O)NC(=O)[C@@](Cc2ccc(OC)cc2)(CN2C[C@@H]3C[C@H](C2)c2cccc(=O)n2C3)C1=O. The van der Waals surface area contributed by atoms with Crippen LogP contribution >= 0.6 is 0 Å². The third kappa shape index (κ3) is 4.13. The van der Waals surface area contributed by atoms with Gasteiger partial charge in [0.1, 0.15) is 11.2 Å². The quantitative estimate of drug-likeness (QED) is 0.469. The fourth-order valence-corrected chi connectivity index (χ4v) is 5.98. The standard InChI is InChI=1S/C27H30N4O5/c1-3-11-30-25(34)27(24(33)28-26(30)35,13-18-7-9-21(36-2)10-8-18)17-29-14-19-12-20(16-29)22-5-4-6-23(32)31(22)15-19/h3-10,19-20H,1,11-17H2,2H3,(H,28,33,35)/t19-,20+,27+/m0/s1. The first-order valence-electron chi connectivity index (χ1n) is 12.2. The van der Waals surface area contributed by atoms with Crippen LogP contribution in [0.3, 0.4) is 0 Å². The van der Waals surface area contributed by atoms with Crippen LogP contribution in [0.15, 0.2) is 59.9 Å². The highest BCUT2D eigenvalue weighted by atomic mass is 16.5. The van der Waals surface area contributed by atoms with E-state index in [1.807, 2.05) is 22.8 Å². The van der Waals surface area contributed by atoms with E-state index in [1.54, 1.807) is 31.4 Å². The Morgan fingerprint density at radius 2 is 1.86 bits per heavy atom. The lowest BCUT2D eigenvalue weighted by Crippen LogP contribution is -2.68. The molecular formula is C27H30N4O5. The molecule has 0 saturated carbocycles. The molecule has 9 nitrogen and oxygen atoms in total. The zero-order valence-electron chi connectivity index (χ0n) is 20.3. The first-order valence-corrected chi connectivity index (χ1v) is 12.2. The molecule has 36 heavy (non-hydrogen) atoms. The summed E-state index contributed by atoms with van der Waals surface area (Å²) in [5, 5.41) is 2.42. The maximum atomic E-state index is 13.8. The summed E-state index contributed by atoms with van der Waals surface area (Å²) in [5.74, 6) is -0.0482. The molecule has 9 heteroatoms. The van der Waals surface area contributed by atoms with Gasteiger partial charge in [0, 0.05) is 50.4 Å². The van der Waals surface area contributed by atoms with Crippen molar-refractivity contribution in [3.05, 3.63) is 76.7 Å². The number of carbonyl (C=O) groups excluding carboxylic acids is 3. The molecule has 2 bridgehead atoms. The van der Waals surface area contributed by atoms with Gasteiger partial charge in [-0.25, -0.2) is 4.79 Å². The van der Waals surface area contributed by atoms with E-state index in [0.29, 0.717) is 25.4 Å². The van der Waals surface area contributed by atoms with Gasteiger partial charge < -0.3 is 14.2 Å². The lowest BCUT2D eigenvalue weighted by molar-refractivity contribution is -0.153. The summed E-state index contributed by atoms with van der Waals surface area (Å²) in [7, 11) is 1.58. The minimum atomic E-state index is -1.48. The normalized spacial score (nSPS) is 25.8. The Kier molecular flexibility index (Phi) is 6.26. The number of carbonyl (C=O) groups is 3. The number of likely N-dealkylation sites (tertiary alicyclic amines) is 1.